The summed E-state index contributed by atoms with van der Waals surface area (Å²) in [5.74, 6) is 0.745. The van der Waals surface area contributed by atoms with Crippen LogP contribution in [-0.2, 0) is 30.5 Å². The van der Waals surface area contributed by atoms with Gasteiger partial charge in [0.25, 0.3) is 0 Å². The van der Waals surface area contributed by atoms with Gasteiger partial charge < -0.3 is 24.6 Å². The van der Waals surface area contributed by atoms with Crippen molar-refractivity contribution in [3.63, 3.8) is 0 Å². The van der Waals surface area contributed by atoms with Crippen molar-refractivity contribution in [3.8, 4) is 12.1 Å². The minimum atomic E-state index is -4.59. The number of nitrogens with zero attached hydrogens (tertiary/aromatic N) is 7. The molecule has 3 aliphatic rings. The van der Waals surface area contributed by atoms with E-state index in [1.807, 2.05) is 0 Å². The fourth-order valence-electron chi connectivity index (χ4n) is 7.79. The Morgan fingerprint density at radius 2 is 1.88 bits per heavy atom. The topological polar surface area (TPSA) is 118 Å². The molecule has 2 aromatic heterocycles. The number of benzene rings is 1. The number of aromatic amines is 1. The number of H-pyrrole nitrogens is 1. The van der Waals surface area contributed by atoms with Gasteiger partial charge in [-0.2, -0.15) is 33.5 Å². The van der Waals surface area contributed by atoms with E-state index in [1.54, 1.807) is 4.90 Å². The molecule has 0 saturated carbocycles. The third kappa shape index (κ3) is 8.51. The maximum atomic E-state index is 14.8. The van der Waals surface area contributed by atoms with Crippen LogP contribution in [0.15, 0.2) is 12.1 Å². The molecule has 5 heterocycles. The summed E-state index contributed by atoms with van der Waals surface area (Å²) >= 11 is 0. The fourth-order valence-corrected chi connectivity index (χ4v) is 8.55. The molecule has 2 atom stereocenters. The summed E-state index contributed by atoms with van der Waals surface area (Å²) in [7, 11) is -1.35. The van der Waals surface area contributed by atoms with Crippen molar-refractivity contribution in [1.29, 1.82) is 5.26 Å². The molecule has 0 amide bonds. The fraction of sp³-hybridized carbons (Fsp3) is 0.676. The van der Waals surface area contributed by atoms with Crippen LogP contribution >= 0.6 is 0 Å². The van der Waals surface area contributed by atoms with Crippen LogP contribution < -0.4 is 19.9 Å². The predicted octanol–water partition coefficient (Wildman–Crippen LogP) is 6.51. The van der Waals surface area contributed by atoms with E-state index in [2.05, 4.69) is 78.7 Å². The van der Waals surface area contributed by atoms with Crippen LogP contribution in [0, 0.1) is 11.3 Å². The van der Waals surface area contributed by atoms with E-state index < -0.39 is 19.8 Å². The third-order valence-corrected chi connectivity index (χ3v) is 12.3. The summed E-state index contributed by atoms with van der Waals surface area (Å²) in [4.78, 5) is 16.3. The van der Waals surface area contributed by atoms with Crippen LogP contribution in [-0.4, -0.2) is 96.2 Å². The van der Waals surface area contributed by atoms with Gasteiger partial charge in [-0.15, -0.1) is 0 Å². The average molecular weight is 742 g/mol. The van der Waals surface area contributed by atoms with E-state index in [9.17, 15) is 18.4 Å². The quantitative estimate of drug-likeness (QED) is 0.166. The van der Waals surface area contributed by atoms with Crippen LogP contribution in [0.1, 0.15) is 69.5 Å². The molecule has 3 aliphatic heterocycles. The van der Waals surface area contributed by atoms with E-state index in [0.29, 0.717) is 68.0 Å². The average Bonchev–Trinajstić information content (AvgIpc) is 3.70. The van der Waals surface area contributed by atoms with E-state index >= 15 is 0 Å². The number of piperazine rings is 1. The lowest BCUT2D eigenvalue weighted by atomic mass is 9.97. The third-order valence-electron chi connectivity index (χ3n) is 10.6. The summed E-state index contributed by atoms with van der Waals surface area (Å²) < 4.78 is 56.7. The van der Waals surface area contributed by atoms with Crippen molar-refractivity contribution in [1.82, 2.24) is 30.4 Å². The van der Waals surface area contributed by atoms with E-state index in [-0.39, 0.29) is 42.0 Å². The zero-order valence-electron chi connectivity index (χ0n) is 31.7. The second-order valence-corrected chi connectivity index (χ2v) is 22.7. The van der Waals surface area contributed by atoms with Crippen LogP contribution in [0.2, 0.25) is 25.7 Å². The molecule has 15 heteroatoms. The Hall–Kier alpha value is -3.45. The summed E-state index contributed by atoms with van der Waals surface area (Å²) in [6, 6.07) is 6.13. The maximum Gasteiger partial charge on any atom is 0.418 e. The van der Waals surface area contributed by atoms with Crippen molar-refractivity contribution in [2.24, 2.45) is 0 Å². The number of aromatic nitrogens is 4. The van der Waals surface area contributed by atoms with Gasteiger partial charge in [-0.1, -0.05) is 19.6 Å². The van der Waals surface area contributed by atoms with E-state index in [0.717, 1.165) is 49.4 Å². The van der Waals surface area contributed by atoms with Gasteiger partial charge in [0.15, 0.2) is 0 Å². The molecule has 52 heavy (non-hydrogen) atoms. The first-order valence-corrected chi connectivity index (χ1v) is 22.2. The molecule has 2 saturated heterocycles. The van der Waals surface area contributed by atoms with E-state index in [4.69, 9.17) is 19.4 Å². The lowest BCUT2D eigenvalue weighted by Crippen LogP contribution is -2.59. The highest BCUT2D eigenvalue weighted by Gasteiger charge is 2.40. The number of rotatable bonds is 11. The molecular formula is C37H54F3N9O2Si. The van der Waals surface area contributed by atoms with Gasteiger partial charge in [0.05, 0.1) is 53.8 Å². The molecule has 1 unspecified atom stereocenters. The van der Waals surface area contributed by atoms with Gasteiger partial charge >= 0.3 is 12.2 Å². The van der Waals surface area contributed by atoms with Crippen LogP contribution in [0.3, 0.4) is 0 Å². The first-order valence-electron chi connectivity index (χ1n) is 18.5. The van der Waals surface area contributed by atoms with Crippen LogP contribution in [0.4, 0.5) is 24.7 Å². The smallest absolute Gasteiger partial charge is 0.418 e. The number of nitriles is 1. The second kappa shape index (κ2) is 14.8. The van der Waals surface area contributed by atoms with Gasteiger partial charge in [0.1, 0.15) is 12.4 Å². The summed E-state index contributed by atoms with van der Waals surface area (Å²) in [5.41, 5.74) is 1.60. The Labute approximate surface area is 306 Å². The van der Waals surface area contributed by atoms with Crippen LogP contribution in [0.5, 0.6) is 6.01 Å². The monoisotopic (exact) mass is 741 g/mol. The number of fused-ring (bicyclic) bond motifs is 2. The van der Waals surface area contributed by atoms with E-state index in [1.165, 1.54) is 6.07 Å². The van der Waals surface area contributed by atoms with Gasteiger partial charge in [0.2, 0.25) is 0 Å². The Balaban J connectivity index is 1.37. The Kier molecular flexibility index (Phi) is 10.9. The molecule has 284 valence electrons. The lowest BCUT2D eigenvalue weighted by molar-refractivity contribution is -0.137. The van der Waals surface area contributed by atoms with Crippen molar-refractivity contribution < 1.29 is 22.6 Å². The lowest BCUT2D eigenvalue weighted by Gasteiger charge is -2.48. The molecule has 3 aromatic rings. The minimum Gasteiger partial charge on any atom is -0.461 e. The highest BCUT2D eigenvalue weighted by Crippen LogP contribution is 2.44. The Morgan fingerprint density at radius 3 is 2.56 bits per heavy atom. The van der Waals surface area contributed by atoms with Crippen LogP contribution in [0.25, 0.3) is 10.9 Å². The molecule has 0 spiro atoms. The minimum absolute atomic E-state index is 0.00478. The van der Waals surface area contributed by atoms with Gasteiger partial charge in [-0.3, -0.25) is 10.00 Å². The molecule has 2 fully saturated rings. The molecule has 6 rings (SSSR count). The summed E-state index contributed by atoms with van der Waals surface area (Å²) in [6.45, 7) is 19.8. The van der Waals surface area contributed by atoms with Crippen molar-refractivity contribution in [3.05, 3.63) is 34.6 Å². The zero-order chi connectivity index (χ0) is 37.5. The molecule has 2 N–H and O–H groups in total. The predicted molar refractivity (Wildman–Crippen MR) is 200 cm³/mol. The molecule has 0 bridgehead atoms. The standard InChI is InChI=1S/C37H54F3N9O2Si/c1-35(2,3)49-18-17-48(21-25(49)11-14-41)33-26-12-16-47(22-29(26)43-34(44-33)51-24-36(4)13-8-15-42-36)32-27(37(38,39)40)9-10-28-31(32)30(46-45-28)23-50-19-20-52(5,6)7/h9-10,25,42H,8,11-13,15-24H2,1-7H3,(H,45,46)/t25?,36-/m0/s1. The largest absolute Gasteiger partial charge is 0.461 e. The number of hydrogen-bond donors (Lipinski definition) is 2. The van der Waals surface area contributed by atoms with Crippen molar-refractivity contribution in [2.45, 2.75) is 116 Å². The highest BCUT2D eigenvalue weighted by molar-refractivity contribution is 6.76. The van der Waals surface area contributed by atoms with Gasteiger partial charge in [-0.05, 0) is 71.7 Å². The maximum absolute atomic E-state index is 14.8. The highest BCUT2D eigenvalue weighted by atomic mass is 28.3. The number of halogens is 3. The Bertz CT molecular complexity index is 1770. The van der Waals surface area contributed by atoms with Crippen molar-refractivity contribution >= 4 is 30.5 Å². The number of ether oxygens (including phenoxy) is 2. The number of hydrogen-bond acceptors (Lipinski definition) is 10. The molecule has 11 nitrogen and oxygen atoms in total. The summed E-state index contributed by atoms with van der Waals surface area (Å²) in [5, 5.41) is 21.1. The second-order valence-electron chi connectivity index (χ2n) is 17.0. The first kappa shape index (κ1) is 38.3. The molecule has 0 aliphatic carbocycles. The number of anilines is 2. The van der Waals surface area contributed by atoms with Gasteiger partial charge in [0, 0.05) is 68.9 Å². The summed E-state index contributed by atoms with van der Waals surface area (Å²) in [6.07, 6.45) is -1.76. The first-order chi connectivity index (χ1) is 24.5. The number of alkyl halides is 3. The molecule has 1 aromatic carbocycles. The Morgan fingerprint density at radius 1 is 1.10 bits per heavy atom. The molecule has 0 radical (unpaired) electrons. The zero-order valence-corrected chi connectivity index (χ0v) is 32.7. The molecular weight excluding hydrogens is 688 g/mol. The normalized spacial score (nSPS) is 21.8. The van der Waals surface area contributed by atoms with Gasteiger partial charge in [-0.25, -0.2) is 0 Å². The number of nitrogens with one attached hydrogen (secondary N) is 2. The SMILES string of the molecule is CC(C)(C)N1CCN(c2nc(OC[C@]3(C)CCCN3)nc3c2CCN(c2c(C(F)(F)F)ccc4[nH]nc(COCC[Si](C)(C)C)c24)C3)CC1CC#N. The van der Waals surface area contributed by atoms with Crippen molar-refractivity contribution in [2.75, 3.05) is 55.7 Å².